The maximum Gasteiger partial charge on any atom is 0.183 e. The normalized spacial score (nSPS) is 15.8. The summed E-state index contributed by atoms with van der Waals surface area (Å²) in [5.41, 5.74) is 13.7. The molecule has 18 rings (SSSR count). The average Bonchev–Trinajstić information content (AvgIpc) is 3.29. The zero-order valence-electron chi connectivity index (χ0n) is 33.8. The number of fused-ring (bicyclic) bond motifs is 6. The quantitative estimate of drug-likeness (QED) is 0.113. The predicted octanol–water partition coefficient (Wildman–Crippen LogP) is 14.9. The highest BCUT2D eigenvalue weighted by atomic mass is 31.2. The van der Waals surface area contributed by atoms with E-state index >= 15 is 4.57 Å². The molecule has 0 unspecified atom stereocenters. The van der Waals surface area contributed by atoms with Crippen molar-refractivity contribution >= 4 is 171 Å². The van der Waals surface area contributed by atoms with Crippen molar-refractivity contribution in [1.29, 1.82) is 0 Å². The fourth-order valence-electron chi connectivity index (χ4n) is 13.8. The lowest BCUT2D eigenvalue weighted by Gasteiger charge is -2.52. The molecule has 12 aromatic rings. The fraction of sp³-hybridized carbons (Fsp3) is 0.0526. The molecule has 0 amide bonds. The Hall–Kier alpha value is -7.39. The molecular weight excluding hydrogens is 774 g/mol. The zero-order valence-corrected chi connectivity index (χ0v) is 34.7. The third-order valence-electron chi connectivity index (χ3n) is 16.2. The molecule has 0 saturated carbocycles. The van der Waals surface area contributed by atoms with Crippen LogP contribution >= 0.6 is 7.14 Å². The van der Waals surface area contributed by atoms with Gasteiger partial charge in [-0.25, -0.2) is 0 Å². The summed E-state index contributed by atoms with van der Waals surface area (Å²) in [7, 11) is -3.64. The number of rotatable bonds is 0. The standard InChI is InChI=1S/C57H30N3OP/c1-25-4-19-37-49-34(25)16-13-28-7-10-31-22-41-56-52(46(31)43(28)49)58(37)40-23-32-11-8-29-14-17-36-27(3)6-21-39-51(36)44(29)47(32)53-55(40)62(56,61)57-42(60(39)53)24-33-12-9-30-15-18-35-26(2)5-20-38-50(35)45(30)48(33)54(57)59(38)41/h4-24H,1-3H3. The van der Waals surface area contributed by atoms with Crippen molar-refractivity contribution in [3.63, 3.8) is 0 Å². The number of aryl methyl sites for hydroxylation is 3. The molecular formula is C57H30N3OP. The monoisotopic (exact) mass is 803 g/mol. The van der Waals surface area contributed by atoms with Gasteiger partial charge in [0.2, 0.25) is 0 Å². The van der Waals surface area contributed by atoms with Gasteiger partial charge in [-0.15, -0.1) is 0 Å². The minimum absolute atomic E-state index is 0.983. The molecule has 0 aromatic heterocycles. The maximum absolute atomic E-state index is 18.3. The molecule has 6 aliphatic rings. The summed E-state index contributed by atoms with van der Waals surface area (Å²) in [5, 5.41) is 25.3. The third kappa shape index (κ3) is 2.80. The Morgan fingerprint density at radius 2 is 0.597 bits per heavy atom. The smallest absolute Gasteiger partial charge is 0.183 e. The Balaban J connectivity index is 1.18. The molecule has 62 heavy (non-hydrogen) atoms. The van der Waals surface area contributed by atoms with Gasteiger partial charge < -0.3 is 19.3 Å². The van der Waals surface area contributed by atoms with Gasteiger partial charge in [0.05, 0.1) is 67.1 Å². The van der Waals surface area contributed by atoms with E-state index in [4.69, 9.17) is 0 Å². The van der Waals surface area contributed by atoms with Crippen LogP contribution in [0.5, 0.6) is 0 Å². The second-order valence-electron chi connectivity index (χ2n) is 18.8. The molecule has 284 valence electrons. The molecule has 0 aliphatic carbocycles. The van der Waals surface area contributed by atoms with Crippen LogP contribution in [0.4, 0.5) is 51.2 Å². The van der Waals surface area contributed by atoms with E-state index in [1.807, 2.05) is 0 Å². The molecule has 6 aliphatic heterocycles. The summed E-state index contributed by atoms with van der Waals surface area (Å²) in [4.78, 5) is 7.67. The van der Waals surface area contributed by atoms with E-state index in [0.29, 0.717) is 0 Å². The second kappa shape index (κ2) is 9.11. The maximum atomic E-state index is 18.3. The number of hydrogen-bond acceptors (Lipinski definition) is 4. The number of nitrogens with zero attached hydrogens (tertiary/aromatic N) is 3. The van der Waals surface area contributed by atoms with Crippen LogP contribution in [0.2, 0.25) is 0 Å². The van der Waals surface area contributed by atoms with Gasteiger partial charge in [-0.1, -0.05) is 91.0 Å². The molecule has 0 N–H and O–H groups in total. The number of hydrogen-bond donors (Lipinski definition) is 0. The molecule has 4 nitrogen and oxygen atoms in total. The number of anilines is 9. The Morgan fingerprint density at radius 3 is 0.919 bits per heavy atom. The molecule has 5 heteroatoms. The minimum Gasteiger partial charge on any atom is -0.308 e. The van der Waals surface area contributed by atoms with Crippen LogP contribution in [0.15, 0.2) is 127 Å². The summed E-state index contributed by atoms with van der Waals surface area (Å²) in [6.45, 7) is 6.71. The Kier molecular flexibility index (Phi) is 4.50. The van der Waals surface area contributed by atoms with Crippen LogP contribution in [-0.4, -0.2) is 0 Å². The largest absolute Gasteiger partial charge is 0.308 e. The highest BCUT2D eigenvalue weighted by Crippen LogP contribution is 2.73. The van der Waals surface area contributed by atoms with E-state index in [0.717, 1.165) is 50.0 Å². The van der Waals surface area contributed by atoms with E-state index in [-0.39, 0.29) is 0 Å². The second-order valence-corrected chi connectivity index (χ2v) is 21.4. The van der Waals surface area contributed by atoms with Gasteiger partial charge in [0.15, 0.2) is 7.14 Å². The molecule has 0 saturated heterocycles. The van der Waals surface area contributed by atoms with Crippen LogP contribution in [-0.2, 0) is 4.57 Å². The lowest BCUT2D eigenvalue weighted by atomic mass is 9.85. The molecule has 0 atom stereocenters. The van der Waals surface area contributed by atoms with Crippen molar-refractivity contribution < 1.29 is 4.57 Å². The zero-order chi connectivity index (χ0) is 40.1. The SMILES string of the molecule is Cc1ccc2c3c1ccc1ccc4cc5c6c(c4c13)N2c1cc2ccc3ccc4c(C)ccc7c4c3c2c2c1P6(=O)c1c(cc3ccc4ccc6c(C)ccc8c6c4c3c1N58)N27. The van der Waals surface area contributed by atoms with Crippen LogP contribution in [0.25, 0.3) is 97.0 Å². The first-order chi connectivity index (χ1) is 30.4. The average molecular weight is 804 g/mol. The van der Waals surface area contributed by atoms with Gasteiger partial charge in [0.25, 0.3) is 0 Å². The van der Waals surface area contributed by atoms with Gasteiger partial charge in [0, 0.05) is 48.5 Å². The first-order valence-corrected chi connectivity index (χ1v) is 23.5. The van der Waals surface area contributed by atoms with Crippen molar-refractivity contribution in [2.45, 2.75) is 20.8 Å². The minimum atomic E-state index is -3.64. The summed E-state index contributed by atoms with van der Waals surface area (Å²) in [6, 6.07) is 48.8. The van der Waals surface area contributed by atoms with Crippen LogP contribution < -0.4 is 30.6 Å². The number of benzene rings is 12. The van der Waals surface area contributed by atoms with Gasteiger partial charge in [-0.05, 0) is 122 Å². The molecule has 6 heterocycles. The molecule has 12 aromatic carbocycles. The Bertz CT molecular complexity index is 4080. The lowest BCUT2D eigenvalue weighted by Crippen LogP contribution is -2.48. The van der Waals surface area contributed by atoms with E-state index in [2.05, 4.69) is 163 Å². The summed E-state index contributed by atoms with van der Waals surface area (Å²) < 4.78 is 18.3. The Labute approximate surface area is 353 Å². The molecule has 0 fully saturated rings. The van der Waals surface area contributed by atoms with Crippen molar-refractivity contribution in [3.8, 4) is 0 Å². The molecule has 0 spiro atoms. The highest BCUT2D eigenvalue weighted by molar-refractivity contribution is 7.87. The highest BCUT2D eigenvalue weighted by Gasteiger charge is 2.58. The lowest BCUT2D eigenvalue weighted by molar-refractivity contribution is 0.592. The van der Waals surface area contributed by atoms with Crippen LogP contribution in [0, 0.1) is 20.8 Å². The van der Waals surface area contributed by atoms with Crippen molar-refractivity contribution in [1.82, 2.24) is 0 Å². The third-order valence-corrected chi connectivity index (χ3v) is 19.4. The fourth-order valence-corrected chi connectivity index (χ4v) is 17.5. The van der Waals surface area contributed by atoms with E-state index in [9.17, 15) is 0 Å². The summed E-state index contributed by atoms with van der Waals surface area (Å²) in [6.07, 6.45) is 0. The van der Waals surface area contributed by atoms with Gasteiger partial charge in [-0.3, -0.25) is 0 Å². The summed E-state index contributed by atoms with van der Waals surface area (Å²) >= 11 is 0. The van der Waals surface area contributed by atoms with Crippen molar-refractivity contribution in [3.05, 3.63) is 144 Å². The van der Waals surface area contributed by atoms with Crippen LogP contribution in [0.3, 0.4) is 0 Å². The summed E-state index contributed by atoms with van der Waals surface area (Å²) in [5.74, 6) is 0. The topological polar surface area (TPSA) is 26.8 Å². The Morgan fingerprint density at radius 1 is 0.306 bits per heavy atom. The van der Waals surface area contributed by atoms with Gasteiger partial charge in [-0.2, -0.15) is 0 Å². The van der Waals surface area contributed by atoms with Crippen LogP contribution in [0.1, 0.15) is 16.7 Å². The van der Waals surface area contributed by atoms with Crippen molar-refractivity contribution in [2.24, 2.45) is 0 Å². The van der Waals surface area contributed by atoms with E-state index in [1.165, 1.54) is 131 Å². The molecule has 0 bridgehead atoms. The predicted molar refractivity (Wildman–Crippen MR) is 263 cm³/mol. The first-order valence-electron chi connectivity index (χ1n) is 21.8. The van der Waals surface area contributed by atoms with Crippen molar-refractivity contribution in [2.75, 3.05) is 14.7 Å². The van der Waals surface area contributed by atoms with Gasteiger partial charge in [0.1, 0.15) is 0 Å². The van der Waals surface area contributed by atoms with E-state index < -0.39 is 7.14 Å². The molecule has 0 radical (unpaired) electrons. The first kappa shape index (κ1) is 30.6. The van der Waals surface area contributed by atoms with Gasteiger partial charge >= 0.3 is 0 Å². The van der Waals surface area contributed by atoms with E-state index in [1.54, 1.807) is 0 Å².